The predicted octanol–water partition coefficient (Wildman–Crippen LogP) is 2.44. The number of hydrogen-bond acceptors (Lipinski definition) is 4. The van der Waals surface area contributed by atoms with Crippen LogP contribution in [-0.4, -0.2) is 40.6 Å². The minimum absolute atomic E-state index is 0.475. The largest absolute Gasteiger partial charge is 0.370 e. The predicted molar refractivity (Wildman–Crippen MR) is 84.1 cm³/mol. The van der Waals surface area contributed by atoms with Gasteiger partial charge in [-0.3, -0.25) is 0 Å². The van der Waals surface area contributed by atoms with E-state index in [-0.39, 0.29) is 0 Å². The summed E-state index contributed by atoms with van der Waals surface area (Å²) >= 11 is 1.96. The van der Waals surface area contributed by atoms with E-state index in [2.05, 4.69) is 28.9 Å². The number of aromatic nitrogens is 1. The van der Waals surface area contributed by atoms with Crippen LogP contribution in [0.2, 0.25) is 0 Å². The molecule has 1 aliphatic rings. The van der Waals surface area contributed by atoms with Crippen molar-refractivity contribution in [2.24, 2.45) is 10.7 Å². The molecule has 0 radical (unpaired) electrons. The molecule has 112 valence electrons. The first kappa shape index (κ1) is 15.2. The highest BCUT2D eigenvalue weighted by Gasteiger charge is 2.14. The molecular weight excluding hydrogens is 272 g/mol. The quantitative estimate of drug-likeness (QED) is 0.667. The lowest BCUT2D eigenvalue weighted by Crippen LogP contribution is -2.42. The molecule has 0 atom stereocenters. The Labute approximate surface area is 125 Å². The van der Waals surface area contributed by atoms with Crippen molar-refractivity contribution in [1.29, 1.82) is 0 Å². The van der Waals surface area contributed by atoms with Gasteiger partial charge in [-0.1, -0.05) is 19.0 Å². The highest BCUT2D eigenvalue weighted by molar-refractivity contribution is 7.99. The minimum Gasteiger partial charge on any atom is -0.370 e. The third-order valence-electron chi connectivity index (χ3n) is 3.71. The molecule has 2 rings (SSSR count). The molecule has 0 unspecified atom stereocenters. The molecule has 0 amide bonds. The number of aliphatic imine (C=N–C) groups is 1. The lowest BCUT2D eigenvalue weighted by Gasteiger charge is -2.27. The van der Waals surface area contributed by atoms with Crippen LogP contribution in [0, 0.1) is 0 Å². The van der Waals surface area contributed by atoms with E-state index in [4.69, 9.17) is 10.3 Å². The van der Waals surface area contributed by atoms with Crippen LogP contribution in [0.1, 0.15) is 44.1 Å². The van der Waals surface area contributed by atoms with Gasteiger partial charge in [-0.05, 0) is 12.8 Å². The third kappa shape index (κ3) is 3.91. The Balaban J connectivity index is 1.92. The number of guanidine groups is 1. The van der Waals surface area contributed by atoms with Crippen LogP contribution in [0.15, 0.2) is 15.6 Å². The van der Waals surface area contributed by atoms with Crippen molar-refractivity contribution in [3.63, 3.8) is 0 Å². The van der Waals surface area contributed by atoms with E-state index in [9.17, 15) is 0 Å². The number of nitrogens with two attached hydrogens (primary N) is 1. The zero-order chi connectivity index (χ0) is 14.4. The fourth-order valence-corrected chi connectivity index (χ4v) is 3.26. The van der Waals surface area contributed by atoms with Crippen molar-refractivity contribution in [3.8, 4) is 0 Å². The second kappa shape index (κ2) is 7.57. The van der Waals surface area contributed by atoms with Crippen LogP contribution >= 0.6 is 11.8 Å². The van der Waals surface area contributed by atoms with E-state index in [1.807, 2.05) is 17.8 Å². The number of hydrogen-bond donors (Lipinski definition) is 1. The van der Waals surface area contributed by atoms with E-state index >= 15 is 0 Å². The maximum Gasteiger partial charge on any atom is 0.191 e. The maximum absolute atomic E-state index is 6.02. The van der Waals surface area contributed by atoms with E-state index < -0.39 is 0 Å². The molecule has 0 bridgehead atoms. The average molecular weight is 296 g/mol. The lowest BCUT2D eigenvalue weighted by molar-refractivity contribution is 0.371. The van der Waals surface area contributed by atoms with Crippen LogP contribution < -0.4 is 5.73 Å². The fourth-order valence-electron chi connectivity index (χ4n) is 2.35. The highest BCUT2D eigenvalue weighted by Crippen LogP contribution is 2.22. The Kier molecular flexibility index (Phi) is 5.76. The molecule has 6 heteroatoms. The topological polar surface area (TPSA) is 67.7 Å². The van der Waals surface area contributed by atoms with Crippen molar-refractivity contribution < 1.29 is 4.52 Å². The summed E-state index contributed by atoms with van der Waals surface area (Å²) in [6.45, 7) is 6.79. The van der Waals surface area contributed by atoms with Gasteiger partial charge in [0.05, 0.1) is 5.69 Å². The van der Waals surface area contributed by atoms with Crippen LogP contribution in [0.3, 0.4) is 0 Å². The standard InChI is InChI=1S/C14H24N4OS/c1-3-11(4-2)13-9-12(19-17-13)10-16-14(15)18-5-7-20-8-6-18/h9,11H,3-8,10H2,1-2H3,(H2,15,16). The van der Waals surface area contributed by atoms with Crippen molar-refractivity contribution in [1.82, 2.24) is 10.1 Å². The summed E-state index contributed by atoms with van der Waals surface area (Å²) in [6, 6.07) is 2.01. The Morgan fingerprint density at radius 3 is 2.80 bits per heavy atom. The zero-order valence-electron chi connectivity index (χ0n) is 12.3. The first-order valence-electron chi connectivity index (χ1n) is 7.32. The zero-order valence-corrected chi connectivity index (χ0v) is 13.2. The third-order valence-corrected chi connectivity index (χ3v) is 4.66. The van der Waals surface area contributed by atoms with Gasteiger partial charge in [-0.25, -0.2) is 4.99 Å². The van der Waals surface area contributed by atoms with E-state index in [0.717, 1.165) is 48.9 Å². The second-order valence-electron chi connectivity index (χ2n) is 5.01. The minimum atomic E-state index is 0.475. The molecule has 0 aliphatic carbocycles. The molecule has 2 heterocycles. The van der Waals surface area contributed by atoms with Gasteiger partial charge in [0.1, 0.15) is 6.54 Å². The summed E-state index contributed by atoms with van der Waals surface area (Å²) in [6.07, 6.45) is 2.17. The number of thioether (sulfide) groups is 1. The van der Waals surface area contributed by atoms with E-state index in [1.165, 1.54) is 0 Å². The molecule has 1 saturated heterocycles. The summed E-state index contributed by atoms with van der Waals surface area (Å²) in [5.41, 5.74) is 7.06. The Bertz CT molecular complexity index is 436. The first-order chi connectivity index (χ1) is 9.74. The van der Waals surface area contributed by atoms with Crippen molar-refractivity contribution >= 4 is 17.7 Å². The van der Waals surface area contributed by atoms with Crippen LogP contribution in [0.4, 0.5) is 0 Å². The summed E-state index contributed by atoms with van der Waals surface area (Å²) in [4.78, 5) is 6.55. The molecule has 1 aromatic heterocycles. The summed E-state index contributed by atoms with van der Waals surface area (Å²) in [5.74, 6) is 4.13. The number of nitrogens with zero attached hydrogens (tertiary/aromatic N) is 3. The Morgan fingerprint density at radius 2 is 2.15 bits per heavy atom. The highest BCUT2D eigenvalue weighted by atomic mass is 32.2. The molecule has 20 heavy (non-hydrogen) atoms. The summed E-state index contributed by atoms with van der Waals surface area (Å²) in [7, 11) is 0. The van der Waals surface area contributed by atoms with Gasteiger partial charge < -0.3 is 15.2 Å². The molecule has 1 aliphatic heterocycles. The van der Waals surface area contributed by atoms with Crippen LogP contribution in [0.5, 0.6) is 0 Å². The Morgan fingerprint density at radius 1 is 1.45 bits per heavy atom. The fraction of sp³-hybridized carbons (Fsp3) is 0.714. The molecule has 1 aromatic rings. The van der Waals surface area contributed by atoms with Gasteiger partial charge in [0.25, 0.3) is 0 Å². The lowest BCUT2D eigenvalue weighted by atomic mass is 9.99. The van der Waals surface area contributed by atoms with Gasteiger partial charge in [-0.15, -0.1) is 0 Å². The molecule has 2 N–H and O–H groups in total. The molecule has 0 spiro atoms. The van der Waals surface area contributed by atoms with Gasteiger partial charge >= 0.3 is 0 Å². The SMILES string of the molecule is CCC(CC)c1cc(CN=C(N)N2CCSCC2)on1. The van der Waals surface area contributed by atoms with Gasteiger partial charge in [-0.2, -0.15) is 11.8 Å². The molecule has 5 nitrogen and oxygen atoms in total. The van der Waals surface area contributed by atoms with Gasteiger partial charge in [0, 0.05) is 36.6 Å². The Hall–Kier alpha value is -1.17. The molecule has 0 saturated carbocycles. The number of rotatable bonds is 5. The van der Waals surface area contributed by atoms with Crippen molar-refractivity contribution in [2.75, 3.05) is 24.6 Å². The molecular formula is C14H24N4OS. The van der Waals surface area contributed by atoms with Gasteiger partial charge in [0.2, 0.25) is 0 Å². The normalized spacial score (nSPS) is 16.9. The first-order valence-corrected chi connectivity index (χ1v) is 8.48. The monoisotopic (exact) mass is 296 g/mol. The summed E-state index contributed by atoms with van der Waals surface area (Å²) < 4.78 is 5.35. The second-order valence-corrected chi connectivity index (χ2v) is 6.23. The maximum atomic E-state index is 6.02. The van der Waals surface area contributed by atoms with Crippen molar-refractivity contribution in [3.05, 3.63) is 17.5 Å². The van der Waals surface area contributed by atoms with Gasteiger partial charge in [0.15, 0.2) is 11.7 Å². The molecule has 1 fully saturated rings. The summed E-state index contributed by atoms with van der Waals surface area (Å²) in [5, 5.41) is 4.15. The van der Waals surface area contributed by atoms with E-state index in [0.29, 0.717) is 18.4 Å². The van der Waals surface area contributed by atoms with E-state index in [1.54, 1.807) is 0 Å². The smallest absolute Gasteiger partial charge is 0.191 e. The van der Waals surface area contributed by atoms with Crippen LogP contribution in [0.25, 0.3) is 0 Å². The van der Waals surface area contributed by atoms with Crippen molar-refractivity contribution in [2.45, 2.75) is 39.2 Å². The average Bonchev–Trinajstić information content (AvgIpc) is 2.96. The molecule has 0 aromatic carbocycles. The van der Waals surface area contributed by atoms with Crippen LogP contribution in [-0.2, 0) is 6.54 Å².